The average molecular weight is 372 g/mol. The first-order chi connectivity index (χ1) is 13.2. The monoisotopic (exact) mass is 372 g/mol. The summed E-state index contributed by atoms with van der Waals surface area (Å²) in [4.78, 5) is 10.6. The van der Waals surface area contributed by atoms with E-state index < -0.39 is 12.3 Å². The molecule has 0 spiro atoms. The number of rotatable bonds is 8. The molecule has 1 fully saturated rings. The van der Waals surface area contributed by atoms with Gasteiger partial charge in [-0.2, -0.15) is 0 Å². The predicted octanol–water partition coefficient (Wildman–Crippen LogP) is 4.50. The third-order valence-corrected chi connectivity index (χ3v) is 4.55. The van der Waals surface area contributed by atoms with Gasteiger partial charge in [0.2, 0.25) is 0 Å². The summed E-state index contributed by atoms with van der Waals surface area (Å²) in [5.41, 5.74) is 1.81. The van der Waals surface area contributed by atoms with E-state index in [1.807, 2.05) is 42.5 Å². The van der Waals surface area contributed by atoms with Gasteiger partial charge < -0.3 is 23.7 Å². The largest absolute Gasteiger partial charge is 0.496 e. The smallest absolute Gasteiger partial charge is 0.303 e. The molecule has 2 heterocycles. The zero-order valence-electron chi connectivity index (χ0n) is 15.2. The first-order valence-corrected chi connectivity index (χ1v) is 8.98. The molecule has 6 heteroatoms. The standard InChI is InChI=1S/C21H24O6/c1-24-18-9-6-5-8-17(18)20-15(7-3-2-4-10-19(22)23)14-26-21(27-20)16-11-12-25-13-16/h2-3,5-6,8-9,11-13,15,20-21H,4,7,10,14H2,1H3,(H,22,23)/b3-2-. The number of furan rings is 1. The topological polar surface area (TPSA) is 78.1 Å². The van der Waals surface area contributed by atoms with Crippen LogP contribution < -0.4 is 4.74 Å². The zero-order valence-corrected chi connectivity index (χ0v) is 15.2. The molecule has 1 N–H and O–H groups in total. The van der Waals surface area contributed by atoms with E-state index in [2.05, 4.69) is 0 Å². The molecule has 3 unspecified atom stereocenters. The summed E-state index contributed by atoms with van der Waals surface area (Å²) in [7, 11) is 1.65. The Balaban J connectivity index is 1.76. The summed E-state index contributed by atoms with van der Waals surface area (Å²) in [6.45, 7) is 0.516. The maximum absolute atomic E-state index is 10.6. The zero-order chi connectivity index (χ0) is 19.1. The van der Waals surface area contributed by atoms with E-state index in [1.54, 1.807) is 19.6 Å². The van der Waals surface area contributed by atoms with Gasteiger partial charge in [0.05, 0.1) is 32.3 Å². The summed E-state index contributed by atoms with van der Waals surface area (Å²) >= 11 is 0. The number of allylic oxidation sites excluding steroid dienone is 2. The van der Waals surface area contributed by atoms with Gasteiger partial charge in [-0.1, -0.05) is 30.4 Å². The Bertz CT molecular complexity index is 752. The molecule has 0 radical (unpaired) electrons. The summed E-state index contributed by atoms with van der Waals surface area (Å²) in [5, 5.41) is 8.73. The van der Waals surface area contributed by atoms with Crippen molar-refractivity contribution in [1.29, 1.82) is 0 Å². The van der Waals surface area contributed by atoms with Crippen molar-refractivity contribution in [3.63, 3.8) is 0 Å². The minimum Gasteiger partial charge on any atom is -0.496 e. The third-order valence-electron chi connectivity index (χ3n) is 4.55. The highest BCUT2D eigenvalue weighted by Crippen LogP contribution is 2.42. The highest BCUT2D eigenvalue weighted by Gasteiger charge is 2.35. The van der Waals surface area contributed by atoms with Gasteiger partial charge in [-0.25, -0.2) is 0 Å². The molecule has 1 aliphatic rings. The maximum Gasteiger partial charge on any atom is 0.303 e. The van der Waals surface area contributed by atoms with Gasteiger partial charge in [-0.3, -0.25) is 4.79 Å². The molecule has 0 bridgehead atoms. The lowest BCUT2D eigenvalue weighted by atomic mass is 9.91. The number of aliphatic carboxylic acids is 1. The van der Waals surface area contributed by atoms with Crippen LogP contribution in [0.5, 0.6) is 5.75 Å². The van der Waals surface area contributed by atoms with Crippen LogP contribution >= 0.6 is 0 Å². The molecule has 6 nitrogen and oxygen atoms in total. The summed E-state index contributed by atoms with van der Waals surface area (Å²) in [6, 6.07) is 9.64. The second-order valence-corrected chi connectivity index (χ2v) is 6.42. The van der Waals surface area contributed by atoms with Crippen LogP contribution in [0.25, 0.3) is 0 Å². The Labute approximate surface area is 158 Å². The predicted molar refractivity (Wildman–Crippen MR) is 98.3 cm³/mol. The summed E-state index contributed by atoms with van der Waals surface area (Å²) in [5.74, 6) is 0.0690. The number of carboxylic acid groups (broad SMARTS) is 1. The minimum absolute atomic E-state index is 0.0885. The highest BCUT2D eigenvalue weighted by molar-refractivity contribution is 5.66. The van der Waals surface area contributed by atoms with Gasteiger partial charge >= 0.3 is 5.97 Å². The number of hydrogen-bond acceptors (Lipinski definition) is 5. The van der Waals surface area contributed by atoms with Gasteiger partial charge in [0.15, 0.2) is 6.29 Å². The average Bonchev–Trinajstić information content (AvgIpc) is 3.22. The fourth-order valence-corrected chi connectivity index (χ4v) is 3.18. The lowest BCUT2D eigenvalue weighted by Crippen LogP contribution is -2.30. The molecule has 2 aromatic rings. The molecule has 1 aromatic carbocycles. The highest BCUT2D eigenvalue weighted by atomic mass is 16.7. The van der Waals surface area contributed by atoms with Crippen molar-refractivity contribution in [1.82, 2.24) is 0 Å². The maximum atomic E-state index is 10.6. The molecule has 3 rings (SSSR count). The van der Waals surface area contributed by atoms with Gasteiger partial charge in [0.1, 0.15) is 5.75 Å². The van der Waals surface area contributed by atoms with Crippen LogP contribution in [0.15, 0.2) is 59.4 Å². The van der Waals surface area contributed by atoms with Crippen LogP contribution in [0.4, 0.5) is 0 Å². The first kappa shape index (κ1) is 19.2. The Hall–Kier alpha value is -2.57. The molecule has 27 heavy (non-hydrogen) atoms. The number of para-hydroxylation sites is 1. The second kappa shape index (κ2) is 9.39. The van der Waals surface area contributed by atoms with Crippen LogP contribution in [-0.4, -0.2) is 24.8 Å². The molecule has 0 aliphatic carbocycles. The van der Waals surface area contributed by atoms with E-state index in [0.717, 1.165) is 23.3 Å². The number of benzene rings is 1. The molecular weight excluding hydrogens is 348 g/mol. The van der Waals surface area contributed by atoms with E-state index in [-0.39, 0.29) is 18.4 Å². The van der Waals surface area contributed by atoms with Crippen molar-refractivity contribution in [3.05, 3.63) is 66.1 Å². The molecule has 1 aromatic heterocycles. The fourth-order valence-electron chi connectivity index (χ4n) is 3.18. The molecule has 0 saturated carbocycles. The van der Waals surface area contributed by atoms with E-state index in [4.69, 9.17) is 23.7 Å². The van der Waals surface area contributed by atoms with Gasteiger partial charge in [0.25, 0.3) is 0 Å². The van der Waals surface area contributed by atoms with E-state index in [9.17, 15) is 4.79 Å². The van der Waals surface area contributed by atoms with Crippen molar-refractivity contribution in [2.75, 3.05) is 13.7 Å². The fraction of sp³-hybridized carbons (Fsp3) is 0.381. The number of carboxylic acids is 1. The quantitative estimate of drug-likeness (QED) is 0.687. The minimum atomic E-state index is -0.793. The normalized spacial score (nSPS) is 22.8. The Morgan fingerprint density at radius 3 is 2.89 bits per heavy atom. The van der Waals surface area contributed by atoms with Crippen molar-refractivity contribution >= 4 is 5.97 Å². The molecule has 1 saturated heterocycles. The van der Waals surface area contributed by atoms with Crippen molar-refractivity contribution in [3.8, 4) is 5.75 Å². The molecule has 3 atom stereocenters. The van der Waals surface area contributed by atoms with Gasteiger partial charge in [-0.05, 0) is 25.0 Å². The first-order valence-electron chi connectivity index (χ1n) is 8.98. The Morgan fingerprint density at radius 1 is 1.30 bits per heavy atom. The van der Waals surface area contributed by atoms with Crippen molar-refractivity contribution < 1.29 is 28.5 Å². The van der Waals surface area contributed by atoms with E-state index in [1.165, 1.54) is 0 Å². The molecule has 0 amide bonds. The Kier molecular flexibility index (Phi) is 6.68. The van der Waals surface area contributed by atoms with E-state index >= 15 is 0 Å². The van der Waals surface area contributed by atoms with Crippen LogP contribution in [0, 0.1) is 5.92 Å². The summed E-state index contributed by atoms with van der Waals surface area (Å²) in [6.07, 6.45) is 7.78. The van der Waals surface area contributed by atoms with Crippen molar-refractivity contribution in [2.24, 2.45) is 5.92 Å². The lowest BCUT2D eigenvalue weighted by molar-refractivity contribution is -0.244. The molecule has 1 aliphatic heterocycles. The van der Waals surface area contributed by atoms with Crippen LogP contribution in [0.1, 0.15) is 42.8 Å². The van der Waals surface area contributed by atoms with Gasteiger partial charge in [0, 0.05) is 23.5 Å². The lowest BCUT2D eigenvalue weighted by Gasteiger charge is -2.36. The van der Waals surface area contributed by atoms with Crippen molar-refractivity contribution in [2.45, 2.75) is 31.7 Å². The summed E-state index contributed by atoms with van der Waals surface area (Å²) < 4.78 is 22.8. The SMILES string of the molecule is COc1ccccc1C1OC(c2ccoc2)OCC1C/C=C\CCC(=O)O. The number of methoxy groups -OCH3 is 1. The van der Waals surface area contributed by atoms with Gasteiger partial charge in [-0.15, -0.1) is 0 Å². The van der Waals surface area contributed by atoms with E-state index in [0.29, 0.717) is 13.0 Å². The molecule has 144 valence electrons. The Morgan fingerprint density at radius 2 is 2.15 bits per heavy atom. The number of ether oxygens (including phenoxy) is 3. The molecular formula is C21H24O6. The number of carbonyl (C=O) groups is 1. The third kappa shape index (κ3) is 4.99. The second-order valence-electron chi connectivity index (χ2n) is 6.42. The van der Waals surface area contributed by atoms with Crippen LogP contribution in [0.2, 0.25) is 0 Å². The van der Waals surface area contributed by atoms with Crippen LogP contribution in [-0.2, 0) is 14.3 Å². The van der Waals surface area contributed by atoms with Crippen LogP contribution in [0.3, 0.4) is 0 Å². The number of hydrogen-bond donors (Lipinski definition) is 1.